The Balaban J connectivity index is 1.61. The smallest absolute Gasteiger partial charge is 0.169 e. The van der Waals surface area contributed by atoms with E-state index in [2.05, 4.69) is 16.4 Å². The van der Waals surface area contributed by atoms with Crippen LogP contribution in [0.3, 0.4) is 0 Å². The molecular weight excluding hydrogens is 306 g/mol. The number of aromatic nitrogens is 1. The minimum atomic E-state index is 0.486. The van der Waals surface area contributed by atoms with Crippen LogP contribution in [0.25, 0.3) is 0 Å². The van der Waals surface area contributed by atoms with E-state index in [-0.39, 0.29) is 0 Å². The van der Waals surface area contributed by atoms with Gasteiger partial charge in [-0.2, -0.15) is 5.26 Å². The van der Waals surface area contributed by atoms with Crippen LogP contribution < -0.4 is 19.5 Å². The molecule has 124 valence electrons. The lowest BCUT2D eigenvalue weighted by molar-refractivity contribution is 0.171. The Hall–Kier alpha value is -2.94. The molecule has 2 heterocycles. The maximum atomic E-state index is 8.56. The highest BCUT2D eigenvalue weighted by molar-refractivity contribution is 5.51. The van der Waals surface area contributed by atoms with Gasteiger partial charge in [0.1, 0.15) is 13.2 Å². The monoisotopic (exact) mass is 325 g/mol. The normalized spacial score (nSPS) is 12.3. The molecule has 0 saturated heterocycles. The number of nitrogens with zero attached hydrogens (tertiary/aromatic N) is 2. The van der Waals surface area contributed by atoms with Gasteiger partial charge in [-0.25, -0.2) is 4.98 Å². The molecule has 0 spiro atoms. The Morgan fingerprint density at radius 2 is 2.08 bits per heavy atom. The third-order valence-corrected chi connectivity index (χ3v) is 3.53. The summed E-state index contributed by atoms with van der Waals surface area (Å²) in [7, 11) is 0. The van der Waals surface area contributed by atoms with Gasteiger partial charge in [-0.1, -0.05) is 6.07 Å². The molecule has 24 heavy (non-hydrogen) atoms. The van der Waals surface area contributed by atoms with Crippen molar-refractivity contribution in [2.45, 2.75) is 19.4 Å². The van der Waals surface area contributed by atoms with Crippen molar-refractivity contribution in [3.05, 3.63) is 42.1 Å². The average molecular weight is 325 g/mol. The lowest BCUT2D eigenvalue weighted by atomic mass is 10.2. The SMILES string of the molecule is N#CCCCOc1cccnc1NCc1ccc2c(c1)OCCO2. The molecule has 1 aromatic heterocycles. The van der Waals surface area contributed by atoms with Crippen molar-refractivity contribution in [2.24, 2.45) is 0 Å². The molecular formula is C18H19N3O3. The van der Waals surface area contributed by atoms with Crippen molar-refractivity contribution < 1.29 is 14.2 Å². The molecule has 0 bridgehead atoms. The number of hydrogen-bond donors (Lipinski definition) is 1. The number of ether oxygens (including phenoxy) is 3. The molecule has 0 atom stereocenters. The molecule has 0 radical (unpaired) electrons. The van der Waals surface area contributed by atoms with Gasteiger partial charge >= 0.3 is 0 Å². The fraction of sp³-hybridized carbons (Fsp3) is 0.333. The molecule has 6 heteroatoms. The lowest BCUT2D eigenvalue weighted by Crippen LogP contribution is -2.15. The zero-order valence-corrected chi connectivity index (χ0v) is 13.3. The van der Waals surface area contributed by atoms with E-state index in [0.717, 1.165) is 17.1 Å². The number of unbranched alkanes of at least 4 members (excludes halogenated alkanes) is 1. The van der Waals surface area contributed by atoms with E-state index < -0.39 is 0 Å². The number of nitrogens with one attached hydrogen (secondary N) is 1. The summed E-state index contributed by atoms with van der Waals surface area (Å²) >= 11 is 0. The molecule has 1 N–H and O–H groups in total. The first-order valence-corrected chi connectivity index (χ1v) is 7.94. The second-order valence-electron chi connectivity index (χ2n) is 5.29. The zero-order chi connectivity index (χ0) is 16.6. The van der Waals surface area contributed by atoms with Crippen molar-refractivity contribution in [1.29, 1.82) is 5.26 Å². The van der Waals surface area contributed by atoms with Gasteiger partial charge in [-0.05, 0) is 36.2 Å². The highest BCUT2D eigenvalue weighted by atomic mass is 16.6. The van der Waals surface area contributed by atoms with Crippen LogP contribution in [0.4, 0.5) is 5.82 Å². The quantitative estimate of drug-likeness (QED) is 0.788. The van der Waals surface area contributed by atoms with Crippen LogP contribution in [0.15, 0.2) is 36.5 Å². The number of fused-ring (bicyclic) bond motifs is 1. The van der Waals surface area contributed by atoms with Crippen LogP contribution in [0.1, 0.15) is 18.4 Å². The van der Waals surface area contributed by atoms with E-state index >= 15 is 0 Å². The van der Waals surface area contributed by atoms with Crippen molar-refractivity contribution >= 4 is 5.82 Å². The fourth-order valence-electron chi connectivity index (χ4n) is 2.36. The second kappa shape index (κ2) is 8.06. The summed E-state index contributed by atoms with van der Waals surface area (Å²) in [5.41, 5.74) is 1.07. The van der Waals surface area contributed by atoms with Gasteiger partial charge in [0, 0.05) is 19.2 Å². The first-order chi connectivity index (χ1) is 11.9. The lowest BCUT2D eigenvalue weighted by Gasteiger charge is -2.19. The largest absolute Gasteiger partial charge is 0.490 e. The van der Waals surface area contributed by atoms with Crippen LogP contribution in [0.5, 0.6) is 17.2 Å². The van der Waals surface area contributed by atoms with Gasteiger partial charge in [0.2, 0.25) is 0 Å². The minimum absolute atomic E-state index is 0.486. The maximum absolute atomic E-state index is 8.56. The molecule has 0 fully saturated rings. The molecule has 6 nitrogen and oxygen atoms in total. The minimum Gasteiger partial charge on any atom is -0.490 e. The number of anilines is 1. The summed E-state index contributed by atoms with van der Waals surface area (Å²) in [5.74, 6) is 2.93. The van der Waals surface area contributed by atoms with Crippen LogP contribution >= 0.6 is 0 Å². The van der Waals surface area contributed by atoms with E-state index in [4.69, 9.17) is 19.5 Å². The van der Waals surface area contributed by atoms with Gasteiger partial charge < -0.3 is 19.5 Å². The Kier molecular flexibility index (Phi) is 5.36. The summed E-state index contributed by atoms with van der Waals surface area (Å²) in [6.07, 6.45) is 2.90. The molecule has 1 aromatic carbocycles. The summed E-state index contributed by atoms with van der Waals surface area (Å²) in [5, 5.41) is 11.8. The first kappa shape index (κ1) is 15.9. The van der Waals surface area contributed by atoms with Gasteiger partial charge in [0.25, 0.3) is 0 Å². The molecule has 1 aliphatic rings. The van der Waals surface area contributed by atoms with E-state index in [1.165, 1.54) is 0 Å². The standard InChI is InChI=1S/C18H19N3O3/c19-7-1-2-9-22-16-4-3-8-20-18(16)21-13-14-5-6-15-17(12-14)24-11-10-23-15/h3-6,8,12H,1-2,9-11,13H2,(H,20,21). The molecule has 3 rings (SSSR count). The predicted octanol–water partition coefficient (Wildman–Crippen LogP) is 3.15. The Labute approximate surface area is 141 Å². The van der Waals surface area contributed by atoms with Crippen LogP contribution in [-0.2, 0) is 6.54 Å². The number of rotatable bonds is 7. The highest BCUT2D eigenvalue weighted by Gasteiger charge is 2.12. The summed E-state index contributed by atoms with van der Waals surface area (Å²) in [6, 6.07) is 11.7. The van der Waals surface area contributed by atoms with Gasteiger partial charge in [-0.15, -0.1) is 0 Å². The maximum Gasteiger partial charge on any atom is 0.169 e. The Morgan fingerprint density at radius 1 is 1.21 bits per heavy atom. The molecule has 2 aromatic rings. The second-order valence-corrected chi connectivity index (χ2v) is 5.29. The van der Waals surface area contributed by atoms with Crippen LogP contribution in [0, 0.1) is 11.3 Å². The summed E-state index contributed by atoms with van der Waals surface area (Å²) in [6.45, 7) is 2.26. The topological polar surface area (TPSA) is 76.4 Å². The van der Waals surface area contributed by atoms with Crippen LogP contribution in [0.2, 0.25) is 0 Å². The highest BCUT2D eigenvalue weighted by Crippen LogP contribution is 2.31. The Bertz CT molecular complexity index is 728. The predicted molar refractivity (Wildman–Crippen MR) is 89.3 cm³/mol. The fourth-order valence-corrected chi connectivity index (χ4v) is 2.36. The third-order valence-electron chi connectivity index (χ3n) is 3.53. The van der Waals surface area contributed by atoms with Crippen molar-refractivity contribution in [3.8, 4) is 23.3 Å². The van der Waals surface area contributed by atoms with Gasteiger partial charge in [0.05, 0.1) is 12.7 Å². The third kappa shape index (κ3) is 4.07. The van der Waals surface area contributed by atoms with Gasteiger partial charge in [0.15, 0.2) is 23.1 Å². The Morgan fingerprint density at radius 3 is 2.96 bits per heavy atom. The summed E-state index contributed by atoms with van der Waals surface area (Å²) in [4.78, 5) is 4.32. The van der Waals surface area contributed by atoms with Crippen LogP contribution in [-0.4, -0.2) is 24.8 Å². The molecule has 0 unspecified atom stereocenters. The van der Waals surface area contributed by atoms with E-state index in [1.807, 2.05) is 30.3 Å². The van der Waals surface area contributed by atoms with Crippen molar-refractivity contribution in [3.63, 3.8) is 0 Å². The first-order valence-electron chi connectivity index (χ1n) is 7.94. The molecule has 0 saturated carbocycles. The van der Waals surface area contributed by atoms with E-state index in [9.17, 15) is 0 Å². The van der Waals surface area contributed by atoms with Crippen molar-refractivity contribution in [2.75, 3.05) is 25.1 Å². The number of benzene rings is 1. The summed E-state index contributed by atoms with van der Waals surface area (Å²) < 4.78 is 16.8. The van der Waals surface area contributed by atoms with Gasteiger partial charge in [-0.3, -0.25) is 0 Å². The number of nitriles is 1. The van der Waals surface area contributed by atoms with E-state index in [1.54, 1.807) is 6.20 Å². The van der Waals surface area contributed by atoms with E-state index in [0.29, 0.717) is 50.8 Å². The molecule has 0 amide bonds. The number of hydrogen-bond acceptors (Lipinski definition) is 6. The zero-order valence-electron chi connectivity index (χ0n) is 13.3. The molecule has 0 aliphatic carbocycles. The van der Waals surface area contributed by atoms with Crippen molar-refractivity contribution in [1.82, 2.24) is 4.98 Å². The average Bonchev–Trinajstić information content (AvgIpc) is 2.64. The molecule has 1 aliphatic heterocycles. The number of pyridine rings is 1.